The van der Waals surface area contributed by atoms with Crippen LogP contribution < -0.4 is 5.32 Å². The number of carbonyl (C=O) groups is 2. The van der Waals surface area contributed by atoms with Crippen molar-refractivity contribution in [2.75, 3.05) is 18.5 Å². The summed E-state index contributed by atoms with van der Waals surface area (Å²) < 4.78 is 5.10. The second-order valence-electron chi connectivity index (χ2n) is 4.70. The van der Waals surface area contributed by atoms with Crippen LogP contribution in [0, 0.1) is 0 Å². The SMILES string of the molecule is CCNc1ccccc1C(=O)OCC(=O)c1ccc(Cl)c(Cl)c1. The van der Waals surface area contributed by atoms with E-state index in [0.717, 1.165) is 0 Å². The summed E-state index contributed by atoms with van der Waals surface area (Å²) in [6.45, 7) is 2.24. The lowest BCUT2D eigenvalue weighted by Gasteiger charge is -2.10. The molecular weight excluding hydrogens is 337 g/mol. The molecule has 6 heteroatoms. The van der Waals surface area contributed by atoms with Crippen molar-refractivity contribution in [2.45, 2.75) is 6.92 Å². The molecule has 120 valence electrons. The number of ketones is 1. The molecule has 0 bridgehead atoms. The molecule has 4 nitrogen and oxygen atoms in total. The Morgan fingerprint density at radius 3 is 2.52 bits per heavy atom. The van der Waals surface area contributed by atoms with Crippen LogP contribution in [-0.2, 0) is 4.74 Å². The summed E-state index contributed by atoms with van der Waals surface area (Å²) in [4.78, 5) is 24.2. The maximum Gasteiger partial charge on any atom is 0.340 e. The Morgan fingerprint density at radius 1 is 1.09 bits per heavy atom. The number of hydrogen-bond acceptors (Lipinski definition) is 4. The molecule has 0 atom stereocenters. The lowest BCUT2D eigenvalue weighted by molar-refractivity contribution is 0.0475. The van der Waals surface area contributed by atoms with E-state index in [1.54, 1.807) is 18.2 Å². The van der Waals surface area contributed by atoms with Crippen LogP contribution >= 0.6 is 23.2 Å². The van der Waals surface area contributed by atoms with Crippen LogP contribution in [0.25, 0.3) is 0 Å². The Kier molecular flexibility index (Phi) is 6.02. The third-order valence-corrected chi connectivity index (χ3v) is 3.83. The van der Waals surface area contributed by atoms with E-state index in [1.165, 1.54) is 18.2 Å². The zero-order valence-electron chi connectivity index (χ0n) is 12.4. The molecule has 2 rings (SSSR count). The van der Waals surface area contributed by atoms with Crippen LogP contribution in [0.3, 0.4) is 0 Å². The van der Waals surface area contributed by atoms with Gasteiger partial charge >= 0.3 is 5.97 Å². The minimum Gasteiger partial charge on any atom is -0.454 e. The van der Waals surface area contributed by atoms with Gasteiger partial charge in [-0.2, -0.15) is 0 Å². The number of para-hydroxylation sites is 1. The molecule has 0 aliphatic heterocycles. The Balaban J connectivity index is 2.04. The van der Waals surface area contributed by atoms with Gasteiger partial charge in [-0.25, -0.2) is 4.79 Å². The highest BCUT2D eigenvalue weighted by atomic mass is 35.5. The molecule has 2 aromatic carbocycles. The minimum absolute atomic E-state index is 0.279. The summed E-state index contributed by atoms with van der Waals surface area (Å²) >= 11 is 11.7. The van der Waals surface area contributed by atoms with Gasteiger partial charge in [0, 0.05) is 17.8 Å². The van der Waals surface area contributed by atoms with Crippen molar-refractivity contribution in [3.8, 4) is 0 Å². The molecule has 2 aromatic rings. The van der Waals surface area contributed by atoms with Gasteiger partial charge in [-0.05, 0) is 37.3 Å². The molecule has 0 radical (unpaired) electrons. The van der Waals surface area contributed by atoms with Gasteiger partial charge in [0.1, 0.15) is 0 Å². The number of carbonyl (C=O) groups excluding carboxylic acids is 2. The Hall–Kier alpha value is -2.04. The molecule has 0 saturated heterocycles. The molecule has 0 amide bonds. The van der Waals surface area contributed by atoms with Gasteiger partial charge in [0.2, 0.25) is 0 Å². The average Bonchev–Trinajstić information content (AvgIpc) is 2.55. The lowest BCUT2D eigenvalue weighted by Crippen LogP contribution is -2.15. The minimum atomic E-state index is -0.560. The number of esters is 1. The van der Waals surface area contributed by atoms with E-state index in [4.69, 9.17) is 27.9 Å². The standard InChI is InChI=1S/C17H15Cl2NO3/c1-2-20-15-6-4-3-5-12(15)17(22)23-10-16(21)11-7-8-13(18)14(19)9-11/h3-9,20H,2,10H2,1H3. The van der Waals surface area contributed by atoms with Gasteiger partial charge in [0.25, 0.3) is 0 Å². The summed E-state index contributed by atoms with van der Waals surface area (Å²) in [5.41, 5.74) is 1.39. The van der Waals surface area contributed by atoms with Crippen molar-refractivity contribution in [2.24, 2.45) is 0 Å². The van der Waals surface area contributed by atoms with Gasteiger partial charge in [0.05, 0.1) is 15.6 Å². The average molecular weight is 352 g/mol. The predicted octanol–water partition coefficient (Wildman–Crippen LogP) is 4.46. The summed E-state index contributed by atoms with van der Waals surface area (Å²) in [6.07, 6.45) is 0. The Bertz CT molecular complexity index is 732. The monoisotopic (exact) mass is 351 g/mol. The van der Waals surface area contributed by atoms with Crippen molar-refractivity contribution in [3.63, 3.8) is 0 Å². The molecule has 0 fully saturated rings. The van der Waals surface area contributed by atoms with Crippen LogP contribution in [0.5, 0.6) is 0 Å². The Labute approximate surface area is 144 Å². The van der Waals surface area contributed by atoms with Crippen LogP contribution in [-0.4, -0.2) is 24.9 Å². The van der Waals surface area contributed by atoms with Gasteiger partial charge in [-0.3, -0.25) is 4.79 Å². The zero-order chi connectivity index (χ0) is 16.8. The van der Waals surface area contributed by atoms with E-state index < -0.39 is 5.97 Å². The number of ether oxygens (including phenoxy) is 1. The molecule has 0 aliphatic carbocycles. The molecule has 1 N–H and O–H groups in total. The van der Waals surface area contributed by atoms with Crippen molar-refractivity contribution in [1.29, 1.82) is 0 Å². The normalized spacial score (nSPS) is 10.2. The molecular formula is C17H15Cl2NO3. The molecule has 0 spiro atoms. The maximum absolute atomic E-state index is 12.1. The van der Waals surface area contributed by atoms with E-state index in [9.17, 15) is 9.59 Å². The molecule has 0 unspecified atom stereocenters. The highest BCUT2D eigenvalue weighted by Gasteiger charge is 2.15. The number of hydrogen-bond donors (Lipinski definition) is 1. The molecule has 23 heavy (non-hydrogen) atoms. The quantitative estimate of drug-likeness (QED) is 0.616. The van der Waals surface area contributed by atoms with E-state index in [1.807, 2.05) is 13.0 Å². The molecule has 0 heterocycles. The van der Waals surface area contributed by atoms with Gasteiger partial charge in [0.15, 0.2) is 12.4 Å². The first-order valence-corrected chi connectivity index (χ1v) is 7.76. The zero-order valence-corrected chi connectivity index (χ0v) is 13.9. The van der Waals surface area contributed by atoms with Gasteiger partial charge in [-0.1, -0.05) is 35.3 Å². The second-order valence-corrected chi connectivity index (χ2v) is 5.52. The largest absolute Gasteiger partial charge is 0.454 e. The van der Waals surface area contributed by atoms with E-state index >= 15 is 0 Å². The van der Waals surface area contributed by atoms with Gasteiger partial charge in [-0.15, -0.1) is 0 Å². The first-order chi connectivity index (χ1) is 11.0. The summed E-state index contributed by atoms with van der Waals surface area (Å²) in [5.74, 6) is -0.909. The number of anilines is 1. The molecule has 0 aliphatic rings. The van der Waals surface area contributed by atoms with E-state index in [2.05, 4.69) is 5.32 Å². The number of halogens is 2. The van der Waals surface area contributed by atoms with Crippen molar-refractivity contribution < 1.29 is 14.3 Å². The maximum atomic E-state index is 12.1. The number of benzene rings is 2. The highest BCUT2D eigenvalue weighted by molar-refractivity contribution is 6.42. The smallest absolute Gasteiger partial charge is 0.340 e. The highest BCUT2D eigenvalue weighted by Crippen LogP contribution is 2.23. The van der Waals surface area contributed by atoms with Crippen LogP contribution in [0.4, 0.5) is 5.69 Å². The predicted molar refractivity (Wildman–Crippen MR) is 91.7 cm³/mol. The third-order valence-electron chi connectivity index (χ3n) is 3.09. The fraction of sp³-hybridized carbons (Fsp3) is 0.176. The van der Waals surface area contributed by atoms with Crippen molar-refractivity contribution in [1.82, 2.24) is 0 Å². The fourth-order valence-electron chi connectivity index (χ4n) is 1.97. The molecule has 0 saturated carbocycles. The van der Waals surface area contributed by atoms with E-state index in [-0.39, 0.29) is 17.4 Å². The van der Waals surface area contributed by atoms with Crippen molar-refractivity contribution in [3.05, 3.63) is 63.6 Å². The van der Waals surface area contributed by atoms with Gasteiger partial charge < -0.3 is 10.1 Å². The van der Waals surface area contributed by atoms with Crippen LogP contribution in [0.1, 0.15) is 27.6 Å². The summed E-state index contributed by atoms with van der Waals surface area (Å²) in [6, 6.07) is 11.5. The number of nitrogens with one attached hydrogen (secondary N) is 1. The number of rotatable bonds is 6. The van der Waals surface area contributed by atoms with Crippen LogP contribution in [0.2, 0.25) is 10.0 Å². The fourth-order valence-corrected chi connectivity index (χ4v) is 2.27. The topological polar surface area (TPSA) is 55.4 Å². The van der Waals surface area contributed by atoms with E-state index in [0.29, 0.717) is 28.4 Å². The van der Waals surface area contributed by atoms with Crippen molar-refractivity contribution >= 4 is 40.6 Å². The van der Waals surface area contributed by atoms with Crippen LogP contribution in [0.15, 0.2) is 42.5 Å². The molecule has 0 aromatic heterocycles. The second kappa shape index (κ2) is 7.99. The third kappa shape index (κ3) is 4.47. The Morgan fingerprint density at radius 2 is 1.83 bits per heavy atom. The summed E-state index contributed by atoms with van der Waals surface area (Å²) in [5, 5.41) is 3.71. The first kappa shape index (κ1) is 17.3. The number of Topliss-reactive ketones (excluding diaryl/α,β-unsaturated/α-hetero) is 1. The summed E-state index contributed by atoms with van der Waals surface area (Å²) in [7, 11) is 0. The first-order valence-electron chi connectivity index (χ1n) is 7.01. The lowest BCUT2D eigenvalue weighted by atomic mass is 10.1.